The molecule has 0 amide bonds. The van der Waals surface area contributed by atoms with Crippen LogP contribution in [0.25, 0.3) is 5.69 Å². The van der Waals surface area contributed by atoms with Crippen LogP contribution in [0.3, 0.4) is 0 Å². The summed E-state index contributed by atoms with van der Waals surface area (Å²) in [6, 6.07) is 12.0. The smallest absolute Gasteiger partial charge is 0.132 e. The number of nitrogens with zero attached hydrogens (tertiary/aromatic N) is 5. The molecule has 0 bridgehead atoms. The Balaban J connectivity index is 1.72. The highest BCUT2D eigenvalue weighted by atomic mass is 15.3. The number of benzene rings is 1. The minimum absolute atomic E-state index is 0.587. The highest BCUT2D eigenvalue weighted by molar-refractivity contribution is 5.39. The summed E-state index contributed by atoms with van der Waals surface area (Å²) < 4.78 is 1.88. The second-order valence-electron chi connectivity index (χ2n) is 5.39. The van der Waals surface area contributed by atoms with Crippen LogP contribution in [0.15, 0.2) is 55.1 Å². The Hall–Kier alpha value is -2.73. The van der Waals surface area contributed by atoms with E-state index in [0.717, 1.165) is 35.7 Å². The topological polar surface area (TPSA) is 72.9 Å². The van der Waals surface area contributed by atoms with Crippen molar-refractivity contribution < 1.29 is 0 Å². The van der Waals surface area contributed by atoms with Crippen LogP contribution in [-0.2, 0) is 13.0 Å². The monoisotopic (exact) mass is 308 g/mol. The van der Waals surface area contributed by atoms with Crippen molar-refractivity contribution in [2.24, 2.45) is 5.73 Å². The maximum absolute atomic E-state index is 5.58. The van der Waals surface area contributed by atoms with E-state index < -0.39 is 0 Å². The predicted molar refractivity (Wildman–Crippen MR) is 90.5 cm³/mol. The predicted octanol–water partition coefficient (Wildman–Crippen LogP) is 1.80. The van der Waals surface area contributed by atoms with Crippen LogP contribution < -0.4 is 10.6 Å². The van der Waals surface area contributed by atoms with E-state index in [1.165, 1.54) is 0 Å². The molecule has 0 fully saturated rings. The van der Waals surface area contributed by atoms with E-state index in [1.54, 1.807) is 6.33 Å². The summed E-state index contributed by atoms with van der Waals surface area (Å²) in [5, 5.41) is 4.42. The molecule has 0 saturated heterocycles. The maximum atomic E-state index is 5.58. The van der Waals surface area contributed by atoms with Gasteiger partial charge in [-0.05, 0) is 18.7 Å². The largest absolute Gasteiger partial charge is 0.355 e. The number of hydrogen-bond donors (Lipinski definition) is 1. The SMILES string of the molecule is CN(Cc1cnn(-c2ccccc2)c1)c1cc(CCN)ncn1. The zero-order chi connectivity index (χ0) is 16.1. The van der Waals surface area contributed by atoms with Crippen molar-refractivity contribution in [1.82, 2.24) is 19.7 Å². The number of rotatable bonds is 6. The first kappa shape index (κ1) is 15.2. The average Bonchev–Trinajstić information content (AvgIpc) is 3.05. The normalized spacial score (nSPS) is 10.7. The van der Waals surface area contributed by atoms with Gasteiger partial charge >= 0.3 is 0 Å². The third-order valence-electron chi connectivity index (χ3n) is 3.58. The summed E-state index contributed by atoms with van der Waals surface area (Å²) in [5.74, 6) is 0.885. The van der Waals surface area contributed by atoms with Crippen molar-refractivity contribution in [3.63, 3.8) is 0 Å². The van der Waals surface area contributed by atoms with Crippen LogP contribution in [-0.4, -0.2) is 33.3 Å². The summed E-state index contributed by atoms with van der Waals surface area (Å²) in [4.78, 5) is 10.6. The minimum Gasteiger partial charge on any atom is -0.355 e. The summed E-state index contributed by atoms with van der Waals surface area (Å²) in [6.45, 7) is 1.32. The molecular formula is C17H20N6. The van der Waals surface area contributed by atoms with E-state index in [4.69, 9.17) is 5.73 Å². The van der Waals surface area contributed by atoms with Crippen LogP contribution in [0.5, 0.6) is 0 Å². The van der Waals surface area contributed by atoms with Gasteiger partial charge in [0, 0.05) is 43.5 Å². The molecule has 3 aromatic rings. The quantitative estimate of drug-likeness (QED) is 0.752. The number of para-hydroxylation sites is 1. The Labute approximate surface area is 135 Å². The molecule has 0 unspecified atom stereocenters. The van der Waals surface area contributed by atoms with Gasteiger partial charge < -0.3 is 10.6 Å². The van der Waals surface area contributed by atoms with Crippen LogP contribution in [0, 0.1) is 0 Å². The van der Waals surface area contributed by atoms with E-state index in [0.29, 0.717) is 6.54 Å². The molecule has 6 heteroatoms. The lowest BCUT2D eigenvalue weighted by atomic mass is 10.2. The number of hydrogen-bond acceptors (Lipinski definition) is 5. The van der Waals surface area contributed by atoms with E-state index in [9.17, 15) is 0 Å². The lowest BCUT2D eigenvalue weighted by Gasteiger charge is -2.17. The Morgan fingerprint density at radius 2 is 2.00 bits per heavy atom. The molecule has 0 atom stereocenters. The Bertz CT molecular complexity index is 753. The standard InChI is InChI=1S/C17H20N6/c1-22(17-9-15(7-8-18)19-13-20-17)11-14-10-21-23(12-14)16-5-3-2-4-6-16/h2-6,9-10,12-13H,7-8,11,18H2,1H3. The zero-order valence-electron chi connectivity index (χ0n) is 13.1. The molecule has 0 aliphatic heterocycles. The van der Waals surface area contributed by atoms with Gasteiger partial charge in [0.25, 0.3) is 0 Å². The molecule has 0 saturated carbocycles. The van der Waals surface area contributed by atoms with Crippen molar-refractivity contribution in [3.8, 4) is 5.69 Å². The first-order valence-corrected chi connectivity index (χ1v) is 7.57. The third kappa shape index (κ3) is 3.73. The van der Waals surface area contributed by atoms with Crippen molar-refractivity contribution >= 4 is 5.82 Å². The Kier molecular flexibility index (Phi) is 4.63. The van der Waals surface area contributed by atoms with E-state index in [2.05, 4.69) is 20.0 Å². The number of nitrogens with two attached hydrogens (primary N) is 1. The maximum Gasteiger partial charge on any atom is 0.132 e. The van der Waals surface area contributed by atoms with Gasteiger partial charge in [-0.3, -0.25) is 0 Å². The highest BCUT2D eigenvalue weighted by Crippen LogP contribution is 2.14. The minimum atomic E-state index is 0.587. The molecule has 1 aromatic carbocycles. The van der Waals surface area contributed by atoms with Crippen LogP contribution >= 0.6 is 0 Å². The molecule has 0 spiro atoms. The molecule has 23 heavy (non-hydrogen) atoms. The molecule has 2 heterocycles. The molecule has 0 aliphatic rings. The Morgan fingerprint density at radius 3 is 2.78 bits per heavy atom. The number of anilines is 1. The van der Waals surface area contributed by atoms with Crippen molar-refractivity contribution in [3.05, 3.63) is 66.4 Å². The second-order valence-corrected chi connectivity index (χ2v) is 5.39. The van der Waals surface area contributed by atoms with Gasteiger partial charge in [0.05, 0.1) is 11.9 Å². The molecular weight excluding hydrogens is 288 g/mol. The molecule has 3 rings (SSSR count). The van der Waals surface area contributed by atoms with Crippen molar-refractivity contribution in [2.75, 3.05) is 18.5 Å². The first-order chi connectivity index (χ1) is 11.3. The van der Waals surface area contributed by atoms with Crippen LogP contribution in [0.1, 0.15) is 11.3 Å². The molecule has 118 valence electrons. The fourth-order valence-corrected chi connectivity index (χ4v) is 2.40. The van der Waals surface area contributed by atoms with Crippen molar-refractivity contribution in [1.29, 1.82) is 0 Å². The molecule has 2 N–H and O–H groups in total. The zero-order valence-corrected chi connectivity index (χ0v) is 13.1. The van der Waals surface area contributed by atoms with Crippen molar-refractivity contribution in [2.45, 2.75) is 13.0 Å². The second kappa shape index (κ2) is 7.02. The van der Waals surface area contributed by atoms with E-state index >= 15 is 0 Å². The van der Waals surface area contributed by atoms with Gasteiger partial charge in [0.15, 0.2) is 0 Å². The van der Waals surface area contributed by atoms with Crippen LogP contribution in [0.4, 0.5) is 5.82 Å². The molecule has 6 nitrogen and oxygen atoms in total. The first-order valence-electron chi connectivity index (χ1n) is 7.57. The average molecular weight is 308 g/mol. The Morgan fingerprint density at radius 1 is 1.17 bits per heavy atom. The van der Waals surface area contributed by atoms with E-state index in [-0.39, 0.29) is 0 Å². The van der Waals surface area contributed by atoms with Gasteiger partial charge in [-0.15, -0.1) is 0 Å². The lowest BCUT2D eigenvalue weighted by molar-refractivity contribution is 0.860. The molecule has 0 radical (unpaired) electrons. The highest BCUT2D eigenvalue weighted by Gasteiger charge is 2.07. The van der Waals surface area contributed by atoms with Gasteiger partial charge in [-0.1, -0.05) is 18.2 Å². The van der Waals surface area contributed by atoms with Gasteiger partial charge in [0.1, 0.15) is 12.1 Å². The fraction of sp³-hybridized carbons (Fsp3) is 0.235. The molecule has 0 aliphatic carbocycles. The van der Waals surface area contributed by atoms with Gasteiger partial charge in [-0.25, -0.2) is 14.6 Å². The third-order valence-corrected chi connectivity index (χ3v) is 3.58. The number of aromatic nitrogens is 4. The fourth-order valence-electron chi connectivity index (χ4n) is 2.40. The van der Waals surface area contributed by atoms with Crippen LogP contribution in [0.2, 0.25) is 0 Å². The summed E-state index contributed by atoms with van der Waals surface area (Å²) in [6.07, 6.45) is 6.26. The van der Waals surface area contributed by atoms with Gasteiger partial charge in [-0.2, -0.15) is 5.10 Å². The summed E-state index contributed by atoms with van der Waals surface area (Å²) in [5.41, 5.74) is 8.72. The summed E-state index contributed by atoms with van der Waals surface area (Å²) >= 11 is 0. The van der Waals surface area contributed by atoms with Gasteiger partial charge in [0.2, 0.25) is 0 Å². The summed E-state index contributed by atoms with van der Waals surface area (Å²) in [7, 11) is 2.01. The molecule has 2 aromatic heterocycles. The van der Waals surface area contributed by atoms with E-state index in [1.807, 2.05) is 60.5 Å². The lowest BCUT2D eigenvalue weighted by Crippen LogP contribution is -2.18.